The number of Topliss-reactive ketones (excluding diaryl/α,β-unsaturated/α-hetero) is 2. The van der Waals surface area contributed by atoms with E-state index in [9.17, 15) is 34.2 Å². The van der Waals surface area contributed by atoms with E-state index in [0.717, 1.165) is 11.1 Å². The molecule has 0 aliphatic carbocycles. The van der Waals surface area contributed by atoms with Crippen molar-refractivity contribution in [2.24, 2.45) is 5.73 Å². The summed E-state index contributed by atoms with van der Waals surface area (Å²) in [5.74, 6) is -3.13. The molecule has 0 fully saturated rings. The predicted molar refractivity (Wildman–Crippen MR) is 201 cm³/mol. The number of phenols is 1. The van der Waals surface area contributed by atoms with Crippen LogP contribution in [0.15, 0.2) is 44.6 Å². The molecule has 0 saturated heterocycles. The molecule has 1 heterocycles. The molecule has 3 rings (SSSR count). The number of unbranched alkanes of at least 4 members (excludes halogenated alkanes) is 1. The molecule has 53 heavy (non-hydrogen) atoms. The summed E-state index contributed by atoms with van der Waals surface area (Å²) in [6, 6.07) is 1.63. The van der Waals surface area contributed by atoms with E-state index in [4.69, 9.17) is 24.4 Å². The molecular formula is C40H52N2O11. The first-order valence-corrected chi connectivity index (χ1v) is 17.6. The molecule has 0 saturated carbocycles. The number of hydrogen-bond acceptors (Lipinski definition) is 12. The molecule has 0 aliphatic rings. The number of benzene rings is 2. The number of allylic oxidation sites excluding steroid dienone is 4. The van der Waals surface area contributed by atoms with Crippen molar-refractivity contribution in [3.05, 3.63) is 62.3 Å². The third-order valence-electron chi connectivity index (χ3n) is 8.05. The summed E-state index contributed by atoms with van der Waals surface area (Å²) < 4.78 is 23.1. The van der Waals surface area contributed by atoms with E-state index in [-0.39, 0.29) is 76.4 Å². The number of nitrogens with two attached hydrogens (primary N) is 1. The number of carbonyl (C=O) groups excluding carboxylic acids is 4. The van der Waals surface area contributed by atoms with E-state index in [1.54, 1.807) is 20.8 Å². The van der Waals surface area contributed by atoms with Crippen LogP contribution in [0.3, 0.4) is 0 Å². The Morgan fingerprint density at radius 3 is 1.98 bits per heavy atom. The van der Waals surface area contributed by atoms with Gasteiger partial charge in [0.2, 0.25) is 5.43 Å². The van der Waals surface area contributed by atoms with Crippen molar-refractivity contribution in [2.75, 3.05) is 19.8 Å². The quantitative estimate of drug-likeness (QED) is 0.0446. The number of amides is 1. The minimum Gasteiger partial charge on any atom is -0.507 e. The number of ether oxygens (including phenoxy) is 3. The first-order valence-electron chi connectivity index (χ1n) is 17.6. The number of fused-ring (bicyclic) bond motifs is 2. The van der Waals surface area contributed by atoms with E-state index in [0.29, 0.717) is 30.5 Å². The molecule has 0 bridgehead atoms. The number of phenolic OH excluding ortho intramolecular Hbond substituents is 1. The van der Waals surface area contributed by atoms with Gasteiger partial charge in [0, 0.05) is 23.3 Å². The molecule has 0 unspecified atom stereocenters. The molecular weight excluding hydrogens is 684 g/mol. The molecule has 288 valence electrons. The van der Waals surface area contributed by atoms with Gasteiger partial charge in [0.05, 0.1) is 18.0 Å². The maximum atomic E-state index is 14.3. The lowest BCUT2D eigenvalue weighted by Gasteiger charge is -2.22. The van der Waals surface area contributed by atoms with Crippen molar-refractivity contribution in [1.29, 1.82) is 0 Å². The topological polar surface area (TPSA) is 205 Å². The fourth-order valence-electron chi connectivity index (χ4n) is 5.52. The zero-order chi connectivity index (χ0) is 39.6. The van der Waals surface area contributed by atoms with Crippen molar-refractivity contribution < 1.29 is 48.0 Å². The Kier molecular flexibility index (Phi) is 14.9. The summed E-state index contributed by atoms with van der Waals surface area (Å²) in [5.41, 5.74) is 6.91. The van der Waals surface area contributed by atoms with Crippen molar-refractivity contribution in [2.45, 2.75) is 106 Å². The van der Waals surface area contributed by atoms with Crippen LogP contribution >= 0.6 is 0 Å². The largest absolute Gasteiger partial charge is 0.507 e. The average molecular weight is 737 g/mol. The lowest BCUT2D eigenvalue weighted by molar-refractivity contribution is -0.163. The van der Waals surface area contributed by atoms with Crippen molar-refractivity contribution in [3.8, 4) is 17.2 Å². The fraction of sp³-hybridized carbons (Fsp3) is 0.475. The standard InChI is InChI=1S/C40H52N2O11/c1-22(2)12-14-25-27(19-43)30(51-21-33(45)42-28(11-9-10-16-41)37(47)39(49)53-40(6,7)8)18-31-34(25)38(48)35-32(52-31)17-29(50-20-24(5)44)26(36(35)46)15-13-23(3)4/h12-13,17-18,28,43,46H,9-11,14-16,19-21,41H2,1-8H3,(H,42,45)/t28-/m0/s1. The SMILES string of the molecule is CC(=O)COc1cc2oc3cc(OCC(=O)N[C@@H](CCCCN)C(=O)C(=O)OC(C)(C)C)c(CO)c(CC=C(C)C)c3c(=O)c2c(O)c1CC=C(C)C. The third kappa shape index (κ3) is 11.5. The van der Waals surface area contributed by atoms with Gasteiger partial charge in [-0.1, -0.05) is 23.3 Å². The Morgan fingerprint density at radius 2 is 1.43 bits per heavy atom. The van der Waals surface area contributed by atoms with Gasteiger partial charge < -0.3 is 39.9 Å². The minimum atomic E-state index is -1.19. The van der Waals surface area contributed by atoms with Crippen LogP contribution in [0.2, 0.25) is 0 Å². The molecule has 1 amide bonds. The van der Waals surface area contributed by atoms with Gasteiger partial charge >= 0.3 is 5.97 Å². The Morgan fingerprint density at radius 1 is 0.868 bits per heavy atom. The summed E-state index contributed by atoms with van der Waals surface area (Å²) in [7, 11) is 0. The molecule has 5 N–H and O–H groups in total. The second-order valence-corrected chi connectivity index (χ2v) is 14.4. The van der Waals surface area contributed by atoms with Crippen LogP contribution in [0.25, 0.3) is 21.9 Å². The molecule has 0 spiro atoms. The average Bonchev–Trinajstić information content (AvgIpc) is 3.06. The molecule has 2 aromatic carbocycles. The molecule has 3 aromatic rings. The number of carbonyl (C=O) groups is 4. The first-order chi connectivity index (χ1) is 24.9. The number of nitrogens with one attached hydrogen (secondary N) is 1. The van der Waals surface area contributed by atoms with Crippen LogP contribution in [0.5, 0.6) is 17.2 Å². The Bertz CT molecular complexity index is 1970. The van der Waals surface area contributed by atoms with Gasteiger partial charge in [-0.25, -0.2) is 4.79 Å². The summed E-state index contributed by atoms with van der Waals surface area (Å²) in [6.45, 7) is 12.6. The third-order valence-corrected chi connectivity index (χ3v) is 8.05. The molecule has 1 atom stereocenters. The summed E-state index contributed by atoms with van der Waals surface area (Å²) in [5, 5.41) is 24.7. The number of hydrogen-bond donors (Lipinski definition) is 4. The number of rotatable bonds is 18. The smallest absolute Gasteiger partial charge is 0.377 e. The maximum absolute atomic E-state index is 14.3. The van der Waals surface area contributed by atoms with Crippen LogP contribution in [0, 0.1) is 0 Å². The highest BCUT2D eigenvalue weighted by Gasteiger charge is 2.31. The Labute approximate surface area is 309 Å². The highest BCUT2D eigenvalue weighted by atomic mass is 16.6. The molecule has 13 nitrogen and oxygen atoms in total. The second kappa shape index (κ2) is 18.7. The van der Waals surface area contributed by atoms with Gasteiger partial charge in [-0.15, -0.1) is 0 Å². The van der Waals surface area contributed by atoms with Crippen LogP contribution in [-0.2, 0) is 43.4 Å². The number of esters is 1. The van der Waals surface area contributed by atoms with Gasteiger partial charge in [0.25, 0.3) is 11.7 Å². The van der Waals surface area contributed by atoms with Crippen LogP contribution in [0.4, 0.5) is 0 Å². The number of aliphatic hydroxyl groups is 1. The zero-order valence-electron chi connectivity index (χ0n) is 31.9. The Hall–Kier alpha value is -5.01. The van der Waals surface area contributed by atoms with Gasteiger partial charge in [0.15, 0.2) is 12.4 Å². The summed E-state index contributed by atoms with van der Waals surface area (Å²) in [6.07, 6.45) is 5.26. The van der Waals surface area contributed by atoms with Gasteiger partial charge in [-0.2, -0.15) is 0 Å². The van der Waals surface area contributed by atoms with E-state index in [2.05, 4.69) is 5.32 Å². The monoisotopic (exact) mass is 736 g/mol. The second-order valence-electron chi connectivity index (χ2n) is 14.4. The first kappa shape index (κ1) is 42.4. The molecule has 13 heteroatoms. The highest BCUT2D eigenvalue weighted by molar-refractivity contribution is 6.36. The van der Waals surface area contributed by atoms with Gasteiger partial charge in [-0.05, 0) is 99.6 Å². The molecule has 1 aromatic heterocycles. The lowest BCUT2D eigenvalue weighted by Crippen LogP contribution is -2.47. The number of aliphatic hydroxyl groups excluding tert-OH is 1. The van der Waals surface area contributed by atoms with E-state index in [1.165, 1.54) is 19.1 Å². The van der Waals surface area contributed by atoms with Crippen LogP contribution in [-0.4, -0.2) is 65.1 Å². The van der Waals surface area contributed by atoms with Gasteiger partial charge in [-0.3, -0.25) is 19.2 Å². The van der Waals surface area contributed by atoms with Crippen LogP contribution in [0.1, 0.15) is 91.3 Å². The molecule has 0 aliphatic heterocycles. The maximum Gasteiger partial charge on any atom is 0.377 e. The highest BCUT2D eigenvalue weighted by Crippen LogP contribution is 2.39. The number of aromatic hydroxyl groups is 1. The summed E-state index contributed by atoms with van der Waals surface area (Å²) >= 11 is 0. The molecule has 0 radical (unpaired) electrons. The van der Waals surface area contributed by atoms with Crippen molar-refractivity contribution in [1.82, 2.24) is 5.32 Å². The van der Waals surface area contributed by atoms with Crippen molar-refractivity contribution >= 4 is 45.4 Å². The van der Waals surface area contributed by atoms with Crippen molar-refractivity contribution in [3.63, 3.8) is 0 Å². The predicted octanol–water partition coefficient (Wildman–Crippen LogP) is 5.03. The minimum absolute atomic E-state index is 0.0194. The normalized spacial score (nSPS) is 11.9. The van der Waals surface area contributed by atoms with E-state index < -0.39 is 47.9 Å². The lowest BCUT2D eigenvalue weighted by atomic mass is 9.95. The summed E-state index contributed by atoms with van der Waals surface area (Å²) in [4.78, 5) is 64.8. The number of ketones is 2. The fourth-order valence-corrected chi connectivity index (χ4v) is 5.52. The Balaban J connectivity index is 2.15. The van der Waals surface area contributed by atoms with E-state index >= 15 is 0 Å². The van der Waals surface area contributed by atoms with Gasteiger partial charge in [0.1, 0.15) is 46.0 Å². The van der Waals surface area contributed by atoms with Crippen LogP contribution < -0.4 is 26.0 Å². The zero-order valence-corrected chi connectivity index (χ0v) is 31.9. The van der Waals surface area contributed by atoms with E-state index in [1.807, 2.05) is 39.8 Å².